The Hall–Kier alpha value is -0.540. The van der Waals surface area contributed by atoms with Crippen molar-refractivity contribution in [1.29, 1.82) is 0 Å². The number of carbonyl (C=O) groups excluding carboxylic acids is 1. The van der Waals surface area contributed by atoms with Crippen LogP contribution in [-0.2, 0) is 11.3 Å². The van der Waals surface area contributed by atoms with Crippen molar-refractivity contribution in [2.75, 3.05) is 7.05 Å². The number of benzene rings is 1. The fraction of sp³-hybridized carbons (Fsp3) is 0.417. The maximum absolute atomic E-state index is 11.9. The highest BCUT2D eigenvalue weighted by atomic mass is 79.9. The molecule has 0 bridgehead atoms. The van der Waals surface area contributed by atoms with Crippen LogP contribution < -0.4 is 0 Å². The quantitative estimate of drug-likeness (QED) is 0.783. The van der Waals surface area contributed by atoms with Crippen LogP contribution in [0, 0.1) is 0 Å². The Labute approximate surface area is 110 Å². The summed E-state index contributed by atoms with van der Waals surface area (Å²) in [6.07, 6.45) is 0. The van der Waals surface area contributed by atoms with Gasteiger partial charge in [-0.15, -0.1) is 0 Å². The average Bonchev–Trinajstić information content (AvgIpc) is 2.15. The molecule has 0 atom stereocenters. The standard InChI is InChI=1S/C12H15BrClNO/c1-12(2,13)11(16)15(3)8-9-5-4-6-10(14)7-9/h4-7H,8H2,1-3H3. The third-order valence-electron chi connectivity index (χ3n) is 2.16. The largest absolute Gasteiger partial charge is 0.340 e. The van der Waals surface area contributed by atoms with Gasteiger partial charge in [0.2, 0.25) is 5.91 Å². The van der Waals surface area contributed by atoms with Gasteiger partial charge >= 0.3 is 0 Å². The number of rotatable bonds is 3. The second kappa shape index (κ2) is 5.19. The van der Waals surface area contributed by atoms with Gasteiger partial charge in [0, 0.05) is 18.6 Å². The van der Waals surface area contributed by atoms with Crippen molar-refractivity contribution in [1.82, 2.24) is 4.90 Å². The molecule has 0 aliphatic carbocycles. The van der Waals surface area contributed by atoms with Gasteiger partial charge in [0.05, 0.1) is 4.32 Å². The van der Waals surface area contributed by atoms with Gasteiger partial charge in [0.15, 0.2) is 0 Å². The number of carbonyl (C=O) groups is 1. The van der Waals surface area contributed by atoms with Crippen molar-refractivity contribution in [3.8, 4) is 0 Å². The Bertz CT molecular complexity index is 387. The number of hydrogen-bond donors (Lipinski definition) is 0. The lowest BCUT2D eigenvalue weighted by molar-refractivity contribution is -0.131. The van der Waals surface area contributed by atoms with Gasteiger partial charge in [-0.2, -0.15) is 0 Å². The third kappa shape index (κ3) is 3.80. The number of amides is 1. The molecule has 0 saturated carbocycles. The van der Waals surface area contributed by atoms with Crippen molar-refractivity contribution in [3.63, 3.8) is 0 Å². The first-order valence-corrected chi connectivity index (χ1v) is 6.17. The highest BCUT2D eigenvalue weighted by molar-refractivity contribution is 9.10. The topological polar surface area (TPSA) is 20.3 Å². The van der Waals surface area contributed by atoms with E-state index in [1.807, 2.05) is 38.1 Å². The van der Waals surface area contributed by atoms with Gasteiger partial charge in [-0.1, -0.05) is 39.7 Å². The number of alkyl halides is 1. The van der Waals surface area contributed by atoms with Crippen LogP contribution in [-0.4, -0.2) is 22.2 Å². The summed E-state index contributed by atoms with van der Waals surface area (Å²) in [6, 6.07) is 7.53. The number of halogens is 2. The first-order valence-electron chi connectivity index (χ1n) is 4.99. The Balaban J connectivity index is 2.72. The van der Waals surface area contributed by atoms with Crippen LogP contribution in [0.25, 0.3) is 0 Å². The molecule has 88 valence electrons. The summed E-state index contributed by atoms with van der Waals surface area (Å²) in [4.78, 5) is 13.6. The van der Waals surface area contributed by atoms with E-state index in [1.165, 1.54) is 0 Å². The predicted octanol–water partition coefficient (Wildman–Crippen LogP) is 3.47. The van der Waals surface area contributed by atoms with Crippen molar-refractivity contribution in [2.45, 2.75) is 24.7 Å². The third-order valence-corrected chi connectivity index (χ3v) is 2.74. The molecular formula is C12H15BrClNO. The minimum atomic E-state index is -0.527. The van der Waals surface area contributed by atoms with E-state index in [-0.39, 0.29) is 5.91 Å². The van der Waals surface area contributed by atoms with Crippen molar-refractivity contribution in [3.05, 3.63) is 34.9 Å². The fourth-order valence-corrected chi connectivity index (χ4v) is 1.95. The summed E-state index contributed by atoms with van der Waals surface area (Å²) in [6.45, 7) is 4.24. The molecule has 0 aliphatic rings. The van der Waals surface area contributed by atoms with E-state index in [1.54, 1.807) is 11.9 Å². The first kappa shape index (κ1) is 13.5. The lowest BCUT2D eigenvalue weighted by Gasteiger charge is -2.24. The lowest BCUT2D eigenvalue weighted by atomic mass is 10.1. The Morgan fingerprint density at radius 2 is 2.12 bits per heavy atom. The molecule has 0 saturated heterocycles. The number of nitrogens with zero attached hydrogens (tertiary/aromatic N) is 1. The molecule has 0 spiro atoms. The highest BCUT2D eigenvalue weighted by Crippen LogP contribution is 2.20. The van der Waals surface area contributed by atoms with E-state index in [4.69, 9.17) is 11.6 Å². The van der Waals surface area contributed by atoms with E-state index in [2.05, 4.69) is 15.9 Å². The normalized spacial score (nSPS) is 11.3. The molecule has 2 nitrogen and oxygen atoms in total. The maximum atomic E-state index is 11.9. The minimum Gasteiger partial charge on any atom is -0.340 e. The molecule has 1 amide bonds. The zero-order valence-corrected chi connectivity index (χ0v) is 12.0. The first-order chi connectivity index (χ1) is 7.30. The molecule has 0 heterocycles. The monoisotopic (exact) mass is 303 g/mol. The van der Waals surface area contributed by atoms with Crippen LogP contribution in [0.1, 0.15) is 19.4 Å². The predicted molar refractivity (Wildman–Crippen MR) is 70.9 cm³/mol. The van der Waals surface area contributed by atoms with Crippen LogP contribution >= 0.6 is 27.5 Å². The van der Waals surface area contributed by atoms with Crippen LogP contribution in [0.15, 0.2) is 24.3 Å². The summed E-state index contributed by atoms with van der Waals surface area (Å²) in [5.41, 5.74) is 1.03. The summed E-state index contributed by atoms with van der Waals surface area (Å²) in [5.74, 6) is 0.0486. The van der Waals surface area contributed by atoms with Crippen molar-refractivity contribution >= 4 is 33.4 Å². The smallest absolute Gasteiger partial charge is 0.238 e. The second-order valence-corrected chi connectivity index (χ2v) is 6.68. The van der Waals surface area contributed by atoms with Crippen molar-refractivity contribution in [2.24, 2.45) is 0 Å². The Morgan fingerprint density at radius 3 is 2.62 bits per heavy atom. The number of hydrogen-bond acceptors (Lipinski definition) is 1. The summed E-state index contributed by atoms with van der Waals surface area (Å²) >= 11 is 9.24. The zero-order chi connectivity index (χ0) is 12.3. The molecule has 1 rings (SSSR count). The summed E-state index contributed by atoms with van der Waals surface area (Å²) in [7, 11) is 1.78. The Morgan fingerprint density at radius 1 is 1.50 bits per heavy atom. The van der Waals surface area contributed by atoms with E-state index < -0.39 is 4.32 Å². The average molecular weight is 305 g/mol. The van der Waals surface area contributed by atoms with Crippen LogP contribution in [0.4, 0.5) is 0 Å². The van der Waals surface area contributed by atoms with Crippen LogP contribution in [0.5, 0.6) is 0 Å². The lowest BCUT2D eigenvalue weighted by Crippen LogP contribution is -2.38. The molecule has 0 unspecified atom stereocenters. The molecule has 1 aromatic carbocycles. The van der Waals surface area contributed by atoms with Gasteiger partial charge in [0.1, 0.15) is 0 Å². The van der Waals surface area contributed by atoms with Gasteiger partial charge in [-0.3, -0.25) is 4.79 Å². The maximum Gasteiger partial charge on any atom is 0.238 e. The van der Waals surface area contributed by atoms with E-state index in [9.17, 15) is 4.79 Å². The van der Waals surface area contributed by atoms with Gasteiger partial charge in [0.25, 0.3) is 0 Å². The Kier molecular flexibility index (Phi) is 4.39. The molecule has 0 aliphatic heterocycles. The van der Waals surface area contributed by atoms with Crippen LogP contribution in [0.3, 0.4) is 0 Å². The SMILES string of the molecule is CN(Cc1cccc(Cl)c1)C(=O)C(C)(C)Br. The molecule has 0 fully saturated rings. The fourth-order valence-electron chi connectivity index (χ4n) is 1.43. The highest BCUT2D eigenvalue weighted by Gasteiger charge is 2.26. The zero-order valence-electron chi connectivity index (χ0n) is 9.63. The van der Waals surface area contributed by atoms with Gasteiger partial charge in [-0.25, -0.2) is 0 Å². The van der Waals surface area contributed by atoms with Crippen LogP contribution in [0.2, 0.25) is 5.02 Å². The second-order valence-electron chi connectivity index (χ2n) is 4.26. The van der Waals surface area contributed by atoms with E-state index >= 15 is 0 Å². The molecule has 4 heteroatoms. The van der Waals surface area contributed by atoms with E-state index in [0.29, 0.717) is 11.6 Å². The van der Waals surface area contributed by atoms with Crippen molar-refractivity contribution < 1.29 is 4.79 Å². The van der Waals surface area contributed by atoms with Gasteiger partial charge in [-0.05, 0) is 31.5 Å². The van der Waals surface area contributed by atoms with Gasteiger partial charge < -0.3 is 4.90 Å². The molecule has 0 N–H and O–H groups in total. The minimum absolute atomic E-state index is 0.0486. The molecule has 16 heavy (non-hydrogen) atoms. The molecule has 0 radical (unpaired) electrons. The molecule has 1 aromatic rings. The van der Waals surface area contributed by atoms with E-state index in [0.717, 1.165) is 5.56 Å². The summed E-state index contributed by atoms with van der Waals surface area (Å²) in [5, 5.41) is 0.691. The molecular weight excluding hydrogens is 289 g/mol. The summed E-state index contributed by atoms with van der Waals surface area (Å²) < 4.78 is -0.527. The molecule has 0 aromatic heterocycles.